The van der Waals surface area contributed by atoms with Crippen LogP contribution in [0.2, 0.25) is 15.1 Å². The first-order valence-electron chi connectivity index (χ1n) is 13.5. The summed E-state index contributed by atoms with van der Waals surface area (Å²) in [6, 6.07) is 16.2. The number of hydrogen-bond acceptors (Lipinski definition) is 5. The number of ether oxygens (including phenoxy) is 1. The summed E-state index contributed by atoms with van der Waals surface area (Å²) in [7, 11) is -2.76. The van der Waals surface area contributed by atoms with Gasteiger partial charge in [-0.15, -0.1) is 0 Å². The second kappa shape index (κ2) is 14.0. The van der Waals surface area contributed by atoms with E-state index in [1.54, 1.807) is 43.3 Å². The SMILES string of the molecule is COc1ccc(S(=O)(=O)N(CC(=O)N(Cc2ccc(Cl)c(Cl)c2)[C@H](C)C(=O)NC2CCCC2)c2cccc(Cl)c2)cc1. The summed E-state index contributed by atoms with van der Waals surface area (Å²) in [5.41, 5.74) is 0.829. The Morgan fingerprint density at radius 3 is 2.29 bits per heavy atom. The largest absolute Gasteiger partial charge is 0.497 e. The van der Waals surface area contributed by atoms with Gasteiger partial charge < -0.3 is 15.0 Å². The summed E-state index contributed by atoms with van der Waals surface area (Å²) in [6.45, 7) is 1.04. The quantitative estimate of drug-likeness (QED) is 0.261. The summed E-state index contributed by atoms with van der Waals surface area (Å²) in [6.07, 6.45) is 3.82. The zero-order valence-corrected chi connectivity index (χ0v) is 26.3. The molecule has 1 N–H and O–H groups in total. The number of anilines is 1. The average Bonchev–Trinajstić information content (AvgIpc) is 3.49. The molecule has 0 saturated heterocycles. The third kappa shape index (κ3) is 7.69. The van der Waals surface area contributed by atoms with E-state index >= 15 is 0 Å². The van der Waals surface area contributed by atoms with Crippen LogP contribution >= 0.6 is 34.8 Å². The van der Waals surface area contributed by atoms with E-state index < -0.39 is 28.5 Å². The summed E-state index contributed by atoms with van der Waals surface area (Å²) >= 11 is 18.6. The third-order valence-corrected chi connectivity index (χ3v) is 9.99. The van der Waals surface area contributed by atoms with Crippen LogP contribution in [0, 0.1) is 0 Å². The molecule has 0 heterocycles. The highest BCUT2D eigenvalue weighted by Crippen LogP contribution is 2.29. The van der Waals surface area contributed by atoms with Gasteiger partial charge in [-0.05, 0) is 79.9 Å². The van der Waals surface area contributed by atoms with Crippen LogP contribution in [0.5, 0.6) is 5.75 Å². The molecule has 0 aliphatic heterocycles. The number of hydrogen-bond donors (Lipinski definition) is 1. The molecule has 4 rings (SSSR count). The molecule has 0 unspecified atom stereocenters. The van der Waals surface area contributed by atoms with Crippen molar-refractivity contribution in [2.75, 3.05) is 18.0 Å². The Balaban J connectivity index is 1.70. The number of nitrogens with zero attached hydrogens (tertiary/aromatic N) is 2. The molecule has 3 aromatic rings. The van der Waals surface area contributed by atoms with Crippen LogP contribution < -0.4 is 14.4 Å². The molecule has 224 valence electrons. The Kier molecular flexibility index (Phi) is 10.6. The normalized spacial score (nSPS) is 14.3. The van der Waals surface area contributed by atoms with Gasteiger partial charge in [0.15, 0.2) is 0 Å². The standard InChI is InChI=1S/C30H32Cl3N3O5S/c1-20(30(38)34-23-7-3-4-8-23)35(18-21-10-15-27(32)28(33)16-21)29(37)19-36(24-9-5-6-22(31)17-24)42(39,40)26-13-11-25(41-2)12-14-26/h5-6,9-17,20,23H,3-4,7-8,18-19H2,1-2H3,(H,34,38)/t20-/m1/s1. The molecule has 1 atom stereocenters. The fourth-order valence-corrected chi connectivity index (χ4v) is 6.76. The smallest absolute Gasteiger partial charge is 0.264 e. The second-order valence-electron chi connectivity index (χ2n) is 10.1. The van der Waals surface area contributed by atoms with Crippen LogP contribution in [0.3, 0.4) is 0 Å². The minimum absolute atomic E-state index is 0.000937. The van der Waals surface area contributed by atoms with E-state index in [0.29, 0.717) is 26.4 Å². The lowest BCUT2D eigenvalue weighted by molar-refractivity contribution is -0.139. The summed E-state index contributed by atoms with van der Waals surface area (Å²) in [4.78, 5) is 28.7. The van der Waals surface area contributed by atoms with Gasteiger partial charge in [-0.3, -0.25) is 13.9 Å². The lowest BCUT2D eigenvalue weighted by Crippen LogP contribution is -2.52. The number of carbonyl (C=O) groups excluding carboxylic acids is 2. The molecule has 12 heteroatoms. The number of rotatable bonds is 11. The topological polar surface area (TPSA) is 96.0 Å². The molecule has 2 amide bonds. The molecule has 1 aliphatic carbocycles. The first kappa shape index (κ1) is 31.9. The van der Waals surface area contributed by atoms with Gasteiger partial charge in [0, 0.05) is 17.6 Å². The highest BCUT2D eigenvalue weighted by Gasteiger charge is 2.33. The van der Waals surface area contributed by atoms with Crippen molar-refractivity contribution in [3.63, 3.8) is 0 Å². The molecular weight excluding hydrogens is 621 g/mol. The monoisotopic (exact) mass is 651 g/mol. The van der Waals surface area contributed by atoms with Crippen molar-refractivity contribution < 1.29 is 22.7 Å². The van der Waals surface area contributed by atoms with Crippen molar-refractivity contribution in [2.24, 2.45) is 0 Å². The predicted octanol–water partition coefficient (Wildman–Crippen LogP) is 6.33. The van der Waals surface area contributed by atoms with Crippen LogP contribution in [0.25, 0.3) is 0 Å². The second-order valence-corrected chi connectivity index (χ2v) is 13.2. The molecule has 0 radical (unpaired) electrons. The van der Waals surface area contributed by atoms with E-state index in [0.717, 1.165) is 30.0 Å². The first-order valence-corrected chi connectivity index (χ1v) is 16.0. The number of carbonyl (C=O) groups is 2. The van der Waals surface area contributed by atoms with Gasteiger partial charge >= 0.3 is 0 Å². The van der Waals surface area contributed by atoms with E-state index in [9.17, 15) is 18.0 Å². The van der Waals surface area contributed by atoms with Crippen LogP contribution in [0.4, 0.5) is 5.69 Å². The lowest BCUT2D eigenvalue weighted by atomic mass is 10.1. The van der Waals surface area contributed by atoms with Crippen LogP contribution in [-0.4, -0.2) is 50.9 Å². The fourth-order valence-electron chi connectivity index (χ4n) is 4.84. The van der Waals surface area contributed by atoms with Crippen LogP contribution in [0.1, 0.15) is 38.2 Å². The maximum atomic E-state index is 14.1. The van der Waals surface area contributed by atoms with Gasteiger partial charge in [-0.25, -0.2) is 8.42 Å². The van der Waals surface area contributed by atoms with Crippen LogP contribution in [-0.2, 0) is 26.2 Å². The molecule has 0 spiro atoms. The van der Waals surface area contributed by atoms with Crippen molar-refractivity contribution in [1.82, 2.24) is 10.2 Å². The molecule has 1 fully saturated rings. The summed E-state index contributed by atoms with van der Waals surface area (Å²) < 4.78 is 34.0. The Labute approximate surface area is 261 Å². The number of benzene rings is 3. The number of nitrogens with one attached hydrogen (secondary N) is 1. The van der Waals surface area contributed by atoms with Crippen molar-refractivity contribution >= 4 is 62.3 Å². The molecule has 1 saturated carbocycles. The molecule has 0 bridgehead atoms. The van der Waals surface area contributed by atoms with Crippen molar-refractivity contribution in [1.29, 1.82) is 0 Å². The lowest BCUT2D eigenvalue weighted by Gasteiger charge is -2.32. The number of halogens is 3. The molecule has 1 aliphatic rings. The van der Waals surface area contributed by atoms with Crippen molar-refractivity contribution in [2.45, 2.75) is 56.1 Å². The zero-order chi connectivity index (χ0) is 30.4. The van der Waals surface area contributed by atoms with Crippen molar-refractivity contribution in [3.05, 3.63) is 87.4 Å². The van der Waals surface area contributed by atoms with Gasteiger partial charge in [-0.2, -0.15) is 0 Å². The molecule has 3 aromatic carbocycles. The van der Waals surface area contributed by atoms with Gasteiger partial charge in [0.25, 0.3) is 10.0 Å². The minimum atomic E-state index is -4.24. The third-order valence-electron chi connectivity index (χ3n) is 7.23. The molecule has 42 heavy (non-hydrogen) atoms. The van der Waals surface area contributed by atoms with Crippen LogP contribution in [0.15, 0.2) is 71.6 Å². The van der Waals surface area contributed by atoms with E-state index in [1.165, 1.54) is 42.3 Å². The van der Waals surface area contributed by atoms with E-state index in [-0.39, 0.29) is 29.1 Å². The Morgan fingerprint density at radius 1 is 0.976 bits per heavy atom. The van der Waals surface area contributed by atoms with E-state index in [1.807, 2.05) is 0 Å². The highest BCUT2D eigenvalue weighted by atomic mass is 35.5. The fraction of sp³-hybridized carbons (Fsp3) is 0.333. The van der Waals surface area contributed by atoms with Gasteiger partial charge in [0.1, 0.15) is 18.3 Å². The Morgan fingerprint density at radius 2 is 1.67 bits per heavy atom. The highest BCUT2D eigenvalue weighted by molar-refractivity contribution is 7.92. The van der Waals surface area contributed by atoms with Gasteiger partial charge in [-0.1, -0.05) is 59.8 Å². The average molecular weight is 653 g/mol. The first-order chi connectivity index (χ1) is 20.0. The van der Waals surface area contributed by atoms with Gasteiger partial charge in [0.05, 0.1) is 27.7 Å². The molecular formula is C30H32Cl3N3O5S. The number of methoxy groups -OCH3 is 1. The molecule has 0 aromatic heterocycles. The number of amides is 2. The molecule has 8 nitrogen and oxygen atoms in total. The summed E-state index contributed by atoms with van der Waals surface area (Å²) in [5.74, 6) is -0.427. The summed E-state index contributed by atoms with van der Waals surface area (Å²) in [5, 5.41) is 3.98. The maximum absolute atomic E-state index is 14.1. The Hall–Kier alpha value is -2.98. The zero-order valence-electron chi connectivity index (χ0n) is 23.2. The predicted molar refractivity (Wildman–Crippen MR) is 166 cm³/mol. The van der Waals surface area contributed by atoms with Gasteiger partial charge in [0.2, 0.25) is 11.8 Å². The number of sulfonamides is 1. The van der Waals surface area contributed by atoms with Crippen molar-refractivity contribution in [3.8, 4) is 5.75 Å². The Bertz CT molecular complexity index is 1530. The van der Waals surface area contributed by atoms with E-state index in [4.69, 9.17) is 39.5 Å². The van der Waals surface area contributed by atoms with E-state index in [2.05, 4.69) is 5.32 Å². The maximum Gasteiger partial charge on any atom is 0.264 e. The minimum Gasteiger partial charge on any atom is -0.497 e.